The number of hydrogen-bond acceptors (Lipinski definition) is 5. The minimum Gasteiger partial charge on any atom is -0.392 e. The molecular formula is C13H26N2O4S. The summed E-state index contributed by atoms with van der Waals surface area (Å²) in [7, 11) is -3.34. The van der Waals surface area contributed by atoms with Gasteiger partial charge in [-0.05, 0) is 20.3 Å². The Morgan fingerprint density at radius 2 is 1.75 bits per heavy atom. The summed E-state index contributed by atoms with van der Waals surface area (Å²) >= 11 is 0. The molecule has 0 aromatic carbocycles. The molecular weight excluding hydrogens is 280 g/mol. The van der Waals surface area contributed by atoms with Crippen LogP contribution < -0.4 is 0 Å². The van der Waals surface area contributed by atoms with Crippen LogP contribution in [0.5, 0.6) is 0 Å². The molecule has 0 bridgehead atoms. The van der Waals surface area contributed by atoms with Crippen LogP contribution in [-0.2, 0) is 14.6 Å². The van der Waals surface area contributed by atoms with E-state index in [9.17, 15) is 18.3 Å². The third-order valence-electron chi connectivity index (χ3n) is 3.58. The number of β-amino-alcohol motifs (C(OH)–C–C–N with tert-alkyl or cyclic N) is 1. The maximum Gasteiger partial charge on any atom is 0.240 e. The molecule has 0 aromatic rings. The Kier molecular flexibility index (Phi) is 6.42. The van der Waals surface area contributed by atoms with Crippen molar-refractivity contribution in [2.45, 2.75) is 38.5 Å². The van der Waals surface area contributed by atoms with Gasteiger partial charge in [0.25, 0.3) is 0 Å². The van der Waals surface area contributed by atoms with Crippen molar-refractivity contribution >= 4 is 15.7 Å². The second-order valence-electron chi connectivity index (χ2n) is 5.48. The fourth-order valence-electron chi connectivity index (χ4n) is 2.40. The molecule has 1 N–H and O–H groups in total. The molecule has 0 saturated carbocycles. The van der Waals surface area contributed by atoms with Gasteiger partial charge in [-0.3, -0.25) is 9.69 Å². The van der Waals surface area contributed by atoms with Crippen LogP contribution in [0.4, 0.5) is 0 Å². The highest BCUT2D eigenvalue weighted by Gasteiger charge is 2.32. The van der Waals surface area contributed by atoms with Gasteiger partial charge in [0.1, 0.15) is 5.25 Å². The molecule has 118 valence electrons. The van der Waals surface area contributed by atoms with E-state index in [1.54, 1.807) is 18.7 Å². The molecule has 1 amide bonds. The molecule has 6 nitrogen and oxygen atoms in total. The van der Waals surface area contributed by atoms with Crippen LogP contribution in [0.25, 0.3) is 0 Å². The topological polar surface area (TPSA) is 77.9 Å². The van der Waals surface area contributed by atoms with Crippen molar-refractivity contribution < 1.29 is 18.3 Å². The number of hydrogen-bond donors (Lipinski definition) is 1. The van der Waals surface area contributed by atoms with Crippen LogP contribution in [0.15, 0.2) is 0 Å². The monoisotopic (exact) mass is 306 g/mol. The highest BCUT2D eigenvalue weighted by molar-refractivity contribution is 7.92. The van der Waals surface area contributed by atoms with Crippen molar-refractivity contribution in [2.24, 2.45) is 0 Å². The first-order chi connectivity index (χ1) is 9.27. The van der Waals surface area contributed by atoms with Crippen molar-refractivity contribution in [3.63, 3.8) is 0 Å². The molecule has 1 saturated heterocycles. The van der Waals surface area contributed by atoms with Crippen molar-refractivity contribution in [2.75, 3.05) is 38.5 Å². The Hall–Kier alpha value is -0.660. The third-order valence-corrected chi connectivity index (χ3v) is 5.84. The lowest BCUT2D eigenvalue weighted by Gasteiger charge is -2.36. The van der Waals surface area contributed by atoms with E-state index in [2.05, 4.69) is 4.90 Å². The van der Waals surface area contributed by atoms with Crippen molar-refractivity contribution in [1.29, 1.82) is 0 Å². The highest BCUT2D eigenvalue weighted by Crippen LogP contribution is 2.11. The predicted molar refractivity (Wildman–Crippen MR) is 78.2 cm³/mol. The molecule has 1 aliphatic rings. The molecule has 0 spiro atoms. The summed E-state index contributed by atoms with van der Waals surface area (Å²) in [5.41, 5.74) is 0. The number of aliphatic hydroxyl groups excluding tert-OH is 1. The second-order valence-corrected chi connectivity index (χ2v) is 7.93. The maximum absolute atomic E-state index is 12.2. The first kappa shape index (κ1) is 17.4. The Morgan fingerprint density at radius 3 is 2.20 bits per heavy atom. The molecule has 2 atom stereocenters. The van der Waals surface area contributed by atoms with Gasteiger partial charge in [0.15, 0.2) is 9.84 Å². The number of sulfone groups is 1. The third kappa shape index (κ3) is 4.71. The SMILES string of the molecule is CCCS(=O)(=O)C(C)C(=O)N1CCN(CC(C)O)CC1. The summed E-state index contributed by atoms with van der Waals surface area (Å²) in [5.74, 6) is -0.239. The zero-order valence-corrected chi connectivity index (χ0v) is 13.4. The second kappa shape index (κ2) is 7.38. The number of carbonyl (C=O) groups excluding carboxylic acids is 1. The largest absolute Gasteiger partial charge is 0.392 e. The van der Waals surface area contributed by atoms with Crippen LogP contribution >= 0.6 is 0 Å². The zero-order valence-electron chi connectivity index (χ0n) is 12.6. The van der Waals surface area contributed by atoms with Gasteiger partial charge in [-0.25, -0.2) is 8.42 Å². The van der Waals surface area contributed by atoms with Gasteiger partial charge < -0.3 is 10.0 Å². The van der Waals surface area contributed by atoms with Gasteiger partial charge >= 0.3 is 0 Å². The lowest BCUT2D eigenvalue weighted by atomic mass is 10.2. The molecule has 0 aromatic heterocycles. The standard InChI is InChI=1S/C13H26N2O4S/c1-4-9-20(18,19)12(3)13(17)15-7-5-14(6-8-15)10-11(2)16/h11-12,16H,4-10H2,1-3H3. The van der Waals surface area contributed by atoms with Gasteiger partial charge in [0.2, 0.25) is 5.91 Å². The summed E-state index contributed by atoms with van der Waals surface area (Å²) in [4.78, 5) is 15.9. The number of aliphatic hydroxyl groups is 1. The van der Waals surface area contributed by atoms with E-state index < -0.39 is 15.1 Å². The van der Waals surface area contributed by atoms with E-state index in [4.69, 9.17) is 0 Å². The van der Waals surface area contributed by atoms with E-state index in [1.165, 1.54) is 6.92 Å². The number of rotatable bonds is 6. The van der Waals surface area contributed by atoms with Crippen molar-refractivity contribution in [3.05, 3.63) is 0 Å². The minimum absolute atomic E-state index is 0.0574. The summed E-state index contributed by atoms with van der Waals surface area (Å²) in [6.07, 6.45) is 0.142. The van der Waals surface area contributed by atoms with E-state index in [0.29, 0.717) is 39.1 Å². The van der Waals surface area contributed by atoms with Gasteiger partial charge in [-0.15, -0.1) is 0 Å². The van der Waals surface area contributed by atoms with E-state index in [-0.39, 0.29) is 17.8 Å². The lowest BCUT2D eigenvalue weighted by Crippen LogP contribution is -2.53. The van der Waals surface area contributed by atoms with Gasteiger partial charge in [-0.2, -0.15) is 0 Å². The van der Waals surface area contributed by atoms with E-state index in [0.717, 1.165) is 0 Å². The first-order valence-electron chi connectivity index (χ1n) is 7.18. The van der Waals surface area contributed by atoms with Gasteiger partial charge in [0, 0.05) is 32.7 Å². The average Bonchev–Trinajstić information content (AvgIpc) is 2.37. The average molecular weight is 306 g/mol. The molecule has 1 fully saturated rings. The van der Waals surface area contributed by atoms with E-state index in [1.807, 2.05) is 0 Å². The molecule has 2 unspecified atom stereocenters. The predicted octanol–water partition coefficient (Wildman–Crippen LogP) is -0.275. The Morgan fingerprint density at radius 1 is 1.20 bits per heavy atom. The number of piperazine rings is 1. The number of amides is 1. The maximum atomic E-state index is 12.2. The van der Waals surface area contributed by atoms with Crippen molar-refractivity contribution in [1.82, 2.24) is 9.80 Å². The quantitative estimate of drug-likeness (QED) is 0.730. The van der Waals surface area contributed by atoms with Crippen LogP contribution in [0.3, 0.4) is 0 Å². The van der Waals surface area contributed by atoms with Crippen LogP contribution in [0, 0.1) is 0 Å². The molecule has 1 aliphatic heterocycles. The summed E-state index contributed by atoms with van der Waals surface area (Å²) < 4.78 is 23.9. The minimum atomic E-state index is -3.34. The Labute approximate surface area is 121 Å². The normalized spacial score (nSPS) is 20.7. The van der Waals surface area contributed by atoms with Crippen LogP contribution in [0.2, 0.25) is 0 Å². The summed E-state index contributed by atoms with van der Waals surface area (Å²) in [6.45, 7) is 8.01. The number of nitrogens with zero attached hydrogens (tertiary/aromatic N) is 2. The van der Waals surface area contributed by atoms with Crippen LogP contribution in [0.1, 0.15) is 27.2 Å². The fourth-order valence-corrected chi connectivity index (χ4v) is 3.78. The molecule has 0 aliphatic carbocycles. The highest BCUT2D eigenvalue weighted by atomic mass is 32.2. The molecule has 1 heterocycles. The van der Waals surface area contributed by atoms with Crippen LogP contribution in [-0.4, -0.2) is 79.1 Å². The van der Waals surface area contributed by atoms with Gasteiger partial charge in [0.05, 0.1) is 11.9 Å². The lowest BCUT2D eigenvalue weighted by molar-refractivity contribution is -0.132. The fraction of sp³-hybridized carbons (Fsp3) is 0.923. The molecule has 7 heteroatoms. The molecule has 20 heavy (non-hydrogen) atoms. The van der Waals surface area contributed by atoms with Crippen molar-refractivity contribution in [3.8, 4) is 0 Å². The summed E-state index contributed by atoms with van der Waals surface area (Å²) in [6, 6.07) is 0. The van der Waals surface area contributed by atoms with Gasteiger partial charge in [-0.1, -0.05) is 6.92 Å². The van der Waals surface area contributed by atoms with E-state index >= 15 is 0 Å². The Bertz CT molecular complexity index is 414. The molecule has 0 radical (unpaired) electrons. The molecule has 1 rings (SSSR count). The zero-order chi connectivity index (χ0) is 15.3. The summed E-state index contributed by atoms with van der Waals surface area (Å²) in [5, 5.41) is 8.38. The first-order valence-corrected chi connectivity index (χ1v) is 8.90. The smallest absolute Gasteiger partial charge is 0.240 e. The Balaban J connectivity index is 2.54. The number of carbonyl (C=O) groups is 1.